The Morgan fingerprint density at radius 3 is 1.95 bits per heavy atom. The van der Waals surface area contributed by atoms with Gasteiger partial charge in [-0.05, 0) is 12.8 Å². The van der Waals surface area contributed by atoms with Crippen LogP contribution in [0, 0.1) is 0 Å². The van der Waals surface area contributed by atoms with E-state index >= 15 is 0 Å². The molecular formula is C14H21N3O3. The van der Waals surface area contributed by atoms with Crippen molar-refractivity contribution in [1.82, 2.24) is 14.9 Å². The van der Waals surface area contributed by atoms with Gasteiger partial charge in [0.2, 0.25) is 0 Å². The summed E-state index contributed by atoms with van der Waals surface area (Å²) in [6, 6.07) is 0. The first kappa shape index (κ1) is 16.1. The van der Waals surface area contributed by atoms with Crippen molar-refractivity contribution < 1.29 is 14.7 Å². The minimum absolute atomic E-state index is 0.157. The highest BCUT2D eigenvalue weighted by atomic mass is 16.4. The Morgan fingerprint density at radius 1 is 1.05 bits per heavy atom. The lowest BCUT2D eigenvalue weighted by atomic mass is 10.2. The van der Waals surface area contributed by atoms with Crippen molar-refractivity contribution in [3.8, 4) is 0 Å². The Labute approximate surface area is 118 Å². The summed E-state index contributed by atoms with van der Waals surface area (Å²) in [5, 5.41) is 8.76. The Bertz CT molecular complexity index is 437. The van der Waals surface area contributed by atoms with Gasteiger partial charge in [0.05, 0.1) is 12.4 Å². The van der Waals surface area contributed by atoms with Crippen LogP contribution in [-0.2, 0) is 0 Å². The first-order chi connectivity index (χ1) is 9.60. The second kappa shape index (κ2) is 8.24. The lowest BCUT2D eigenvalue weighted by molar-refractivity contribution is 0.0685. The molecule has 6 nitrogen and oxygen atoms in total. The van der Waals surface area contributed by atoms with Gasteiger partial charge in [0, 0.05) is 13.1 Å². The summed E-state index contributed by atoms with van der Waals surface area (Å²) in [4.78, 5) is 32.4. The van der Waals surface area contributed by atoms with Gasteiger partial charge in [-0.2, -0.15) is 0 Å². The molecule has 0 bridgehead atoms. The van der Waals surface area contributed by atoms with E-state index in [0.29, 0.717) is 13.1 Å². The van der Waals surface area contributed by atoms with E-state index in [4.69, 9.17) is 5.11 Å². The molecule has 0 aromatic carbocycles. The number of carboxylic acids is 1. The maximum Gasteiger partial charge on any atom is 0.356 e. The third-order valence-corrected chi connectivity index (χ3v) is 2.94. The minimum Gasteiger partial charge on any atom is -0.476 e. The fourth-order valence-corrected chi connectivity index (χ4v) is 1.72. The molecule has 0 spiro atoms. The highest BCUT2D eigenvalue weighted by molar-refractivity contribution is 5.92. The van der Waals surface area contributed by atoms with Crippen LogP contribution in [0.1, 0.15) is 60.5 Å². The molecule has 0 unspecified atom stereocenters. The summed E-state index contributed by atoms with van der Waals surface area (Å²) in [6.45, 7) is 5.53. The molecule has 0 fully saturated rings. The third-order valence-electron chi connectivity index (χ3n) is 2.94. The summed E-state index contributed by atoms with van der Waals surface area (Å²) >= 11 is 0. The summed E-state index contributed by atoms with van der Waals surface area (Å²) in [6.07, 6.45) is 6.26. The van der Waals surface area contributed by atoms with Crippen LogP contribution in [-0.4, -0.2) is 44.9 Å². The zero-order valence-corrected chi connectivity index (χ0v) is 12.0. The molecule has 110 valence electrons. The number of rotatable bonds is 8. The molecule has 0 saturated heterocycles. The van der Waals surface area contributed by atoms with Crippen LogP contribution in [0.2, 0.25) is 0 Å². The number of carboxylic acid groups (broad SMARTS) is 1. The Morgan fingerprint density at radius 2 is 1.55 bits per heavy atom. The van der Waals surface area contributed by atoms with Crippen LogP contribution < -0.4 is 0 Å². The maximum atomic E-state index is 12.3. The number of unbranched alkanes of at least 4 members (excludes halogenated alkanes) is 2. The molecule has 0 atom stereocenters. The molecule has 1 amide bonds. The SMILES string of the molecule is CCCCN(CCCC)C(=O)c1cnc(C(=O)O)cn1. The fourth-order valence-electron chi connectivity index (χ4n) is 1.72. The first-order valence-corrected chi connectivity index (χ1v) is 6.94. The molecular weight excluding hydrogens is 258 g/mol. The standard InChI is InChI=1S/C14H21N3O3/c1-3-5-7-17(8-6-4-2)13(18)11-9-16-12(10-15-11)14(19)20/h9-10H,3-8H2,1-2H3,(H,19,20). The number of carbonyl (C=O) groups is 2. The Balaban J connectivity index is 2.78. The lowest BCUT2D eigenvalue weighted by Gasteiger charge is -2.21. The van der Waals surface area contributed by atoms with Crippen molar-refractivity contribution in [1.29, 1.82) is 0 Å². The average Bonchev–Trinajstić information content (AvgIpc) is 2.47. The fraction of sp³-hybridized carbons (Fsp3) is 0.571. The quantitative estimate of drug-likeness (QED) is 0.788. The molecule has 1 aromatic rings. The lowest BCUT2D eigenvalue weighted by Crippen LogP contribution is -2.33. The largest absolute Gasteiger partial charge is 0.476 e. The van der Waals surface area contributed by atoms with Crippen LogP contribution in [0.15, 0.2) is 12.4 Å². The first-order valence-electron chi connectivity index (χ1n) is 6.94. The predicted molar refractivity (Wildman–Crippen MR) is 74.7 cm³/mol. The summed E-state index contributed by atoms with van der Waals surface area (Å²) < 4.78 is 0. The smallest absolute Gasteiger partial charge is 0.356 e. The van der Waals surface area contributed by atoms with E-state index in [1.54, 1.807) is 4.90 Å². The molecule has 0 aliphatic heterocycles. The average molecular weight is 279 g/mol. The monoisotopic (exact) mass is 279 g/mol. The molecule has 1 heterocycles. The summed E-state index contributed by atoms with van der Waals surface area (Å²) in [5.41, 5.74) is 0.0393. The van der Waals surface area contributed by atoms with Crippen molar-refractivity contribution >= 4 is 11.9 Å². The van der Waals surface area contributed by atoms with Gasteiger partial charge in [-0.25, -0.2) is 14.8 Å². The number of carbonyl (C=O) groups excluding carboxylic acids is 1. The van der Waals surface area contributed by atoms with Gasteiger partial charge in [0.1, 0.15) is 5.69 Å². The van der Waals surface area contributed by atoms with Gasteiger partial charge < -0.3 is 10.0 Å². The van der Waals surface area contributed by atoms with Crippen molar-refractivity contribution in [3.05, 3.63) is 23.8 Å². The van der Waals surface area contributed by atoms with E-state index in [0.717, 1.165) is 31.9 Å². The zero-order valence-electron chi connectivity index (χ0n) is 12.0. The van der Waals surface area contributed by atoms with Crippen molar-refractivity contribution in [2.45, 2.75) is 39.5 Å². The van der Waals surface area contributed by atoms with E-state index < -0.39 is 5.97 Å². The Kier molecular flexibility index (Phi) is 6.63. The number of aromatic nitrogens is 2. The van der Waals surface area contributed by atoms with Gasteiger partial charge in [-0.15, -0.1) is 0 Å². The van der Waals surface area contributed by atoms with Crippen LogP contribution in [0.4, 0.5) is 0 Å². The van der Waals surface area contributed by atoms with Crippen LogP contribution in [0.3, 0.4) is 0 Å². The van der Waals surface area contributed by atoms with Crippen molar-refractivity contribution in [3.63, 3.8) is 0 Å². The molecule has 1 rings (SSSR count). The van der Waals surface area contributed by atoms with Crippen LogP contribution in [0.25, 0.3) is 0 Å². The van der Waals surface area contributed by atoms with E-state index in [2.05, 4.69) is 23.8 Å². The second-order valence-corrected chi connectivity index (χ2v) is 4.59. The highest BCUT2D eigenvalue weighted by Gasteiger charge is 2.17. The van der Waals surface area contributed by atoms with E-state index in [1.807, 2.05) is 0 Å². The van der Waals surface area contributed by atoms with E-state index in [1.165, 1.54) is 6.20 Å². The van der Waals surface area contributed by atoms with Crippen LogP contribution in [0.5, 0.6) is 0 Å². The van der Waals surface area contributed by atoms with Crippen molar-refractivity contribution in [2.24, 2.45) is 0 Å². The molecule has 1 N–H and O–H groups in total. The molecule has 0 saturated carbocycles. The predicted octanol–water partition coefficient (Wildman–Crippen LogP) is 2.22. The van der Waals surface area contributed by atoms with Gasteiger partial charge in [-0.3, -0.25) is 4.79 Å². The Hall–Kier alpha value is -1.98. The molecule has 0 radical (unpaired) electrons. The van der Waals surface area contributed by atoms with Gasteiger partial charge in [0.25, 0.3) is 5.91 Å². The summed E-state index contributed by atoms with van der Waals surface area (Å²) in [5.74, 6) is -1.33. The second-order valence-electron chi connectivity index (χ2n) is 4.59. The summed E-state index contributed by atoms with van der Waals surface area (Å²) in [7, 11) is 0. The van der Waals surface area contributed by atoms with Gasteiger partial charge in [-0.1, -0.05) is 26.7 Å². The van der Waals surface area contributed by atoms with Gasteiger partial charge in [0.15, 0.2) is 5.69 Å². The van der Waals surface area contributed by atoms with Crippen molar-refractivity contribution in [2.75, 3.05) is 13.1 Å². The highest BCUT2D eigenvalue weighted by Crippen LogP contribution is 2.06. The maximum absolute atomic E-state index is 12.3. The molecule has 20 heavy (non-hydrogen) atoms. The normalized spacial score (nSPS) is 10.3. The number of amides is 1. The molecule has 0 aliphatic rings. The molecule has 1 aromatic heterocycles. The number of nitrogens with zero attached hydrogens (tertiary/aromatic N) is 3. The number of hydrogen-bond acceptors (Lipinski definition) is 4. The van der Waals surface area contributed by atoms with E-state index in [-0.39, 0.29) is 17.3 Å². The topological polar surface area (TPSA) is 83.4 Å². The molecule has 0 aliphatic carbocycles. The third kappa shape index (κ3) is 4.60. The van der Waals surface area contributed by atoms with Crippen LogP contribution >= 0.6 is 0 Å². The molecule has 6 heteroatoms. The number of aromatic carboxylic acids is 1. The van der Waals surface area contributed by atoms with Gasteiger partial charge >= 0.3 is 5.97 Å². The minimum atomic E-state index is -1.15. The zero-order chi connectivity index (χ0) is 15.0. The van der Waals surface area contributed by atoms with E-state index in [9.17, 15) is 9.59 Å². The number of hydrogen-bond donors (Lipinski definition) is 1.